The molecule has 3 heterocycles. The molecule has 1 aromatic rings. The molecule has 0 N–H and O–H groups in total. The van der Waals surface area contributed by atoms with E-state index < -0.39 is 0 Å². The maximum absolute atomic E-state index is 5.41. The van der Waals surface area contributed by atoms with Crippen molar-refractivity contribution in [3.8, 4) is 5.88 Å². The second-order valence-corrected chi connectivity index (χ2v) is 5.92. The summed E-state index contributed by atoms with van der Waals surface area (Å²) in [6.07, 6.45) is 2.91. The van der Waals surface area contributed by atoms with Gasteiger partial charge >= 0.3 is 0 Å². The summed E-state index contributed by atoms with van der Waals surface area (Å²) in [7, 11) is 1.62. The molecular formula is C13H19BrN4O2. The topological polar surface area (TPSA) is 50.7 Å². The van der Waals surface area contributed by atoms with Crippen LogP contribution in [0.15, 0.2) is 10.7 Å². The summed E-state index contributed by atoms with van der Waals surface area (Å²) in [5.74, 6) is 1.34. The van der Waals surface area contributed by atoms with Crippen molar-refractivity contribution in [2.24, 2.45) is 0 Å². The molecule has 0 spiro atoms. The molecule has 2 saturated heterocycles. The number of ether oxygens (including phenoxy) is 2. The Hall–Kier alpha value is -0.920. The van der Waals surface area contributed by atoms with E-state index in [9.17, 15) is 0 Å². The van der Waals surface area contributed by atoms with Gasteiger partial charge in [0.1, 0.15) is 0 Å². The van der Waals surface area contributed by atoms with E-state index in [-0.39, 0.29) is 0 Å². The zero-order valence-electron chi connectivity index (χ0n) is 11.6. The van der Waals surface area contributed by atoms with Crippen molar-refractivity contribution < 1.29 is 9.47 Å². The highest BCUT2D eigenvalue weighted by Crippen LogP contribution is 2.26. The molecule has 1 aromatic heterocycles. The van der Waals surface area contributed by atoms with E-state index in [1.165, 1.54) is 0 Å². The van der Waals surface area contributed by atoms with Gasteiger partial charge < -0.3 is 14.4 Å². The van der Waals surface area contributed by atoms with Gasteiger partial charge in [0.05, 0.1) is 31.0 Å². The minimum Gasteiger partial charge on any atom is -0.480 e. The molecule has 110 valence electrons. The number of hydrogen-bond donors (Lipinski definition) is 0. The number of aromatic nitrogens is 2. The average Bonchev–Trinajstić information content (AvgIpc) is 2.98. The molecule has 1 unspecified atom stereocenters. The fourth-order valence-electron chi connectivity index (χ4n) is 2.80. The highest BCUT2D eigenvalue weighted by Gasteiger charge is 2.30. The molecule has 2 fully saturated rings. The van der Waals surface area contributed by atoms with Crippen LogP contribution >= 0.6 is 15.9 Å². The molecule has 6 nitrogen and oxygen atoms in total. The van der Waals surface area contributed by atoms with Crippen LogP contribution in [0.4, 0.5) is 5.95 Å². The largest absolute Gasteiger partial charge is 0.480 e. The second kappa shape index (κ2) is 6.24. The third-order valence-electron chi connectivity index (χ3n) is 3.90. The third-order valence-corrected chi connectivity index (χ3v) is 4.44. The summed E-state index contributed by atoms with van der Waals surface area (Å²) in [6.45, 7) is 5.72. The van der Waals surface area contributed by atoms with Crippen molar-refractivity contribution >= 4 is 21.9 Å². The molecule has 0 aliphatic carbocycles. The second-order valence-electron chi connectivity index (χ2n) is 5.06. The standard InChI is InChI=1S/C13H19BrN4O2/c1-19-12-11(14)8-15-13(16-12)18-3-2-10(9-18)17-4-6-20-7-5-17/h8,10H,2-7,9H2,1H3. The van der Waals surface area contributed by atoms with Gasteiger partial charge in [0.15, 0.2) is 0 Å². The summed E-state index contributed by atoms with van der Waals surface area (Å²) in [6, 6.07) is 0.581. The highest BCUT2D eigenvalue weighted by molar-refractivity contribution is 9.10. The molecule has 0 radical (unpaired) electrons. The van der Waals surface area contributed by atoms with Crippen molar-refractivity contribution in [3.05, 3.63) is 10.7 Å². The Balaban J connectivity index is 1.67. The van der Waals surface area contributed by atoms with Crippen molar-refractivity contribution in [1.29, 1.82) is 0 Å². The van der Waals surface area contributed by atoms with Crippen LogP contribution in [0.3, 0.4) is 0 Å². The number of rotatable bonds is 3. The molecule has 7 heteroatoms. The SMILES string of the molecule is COc1nc(N2CCC(N3CCOCC3)C2)ncc1Br. The van der Waals surface area contributed by atoms with E-state index in [1.807, 2.05) is 0 Å². The first-order chi connectivity index (χ1) is 9.78. The summed E-state index contributed by atoms with van der Waals surface area (Å²) in [5, 5.41) is 0. The lowest BCUT2D eigenvalue weighted by molar-refractivity contribution is 0.0209. The number of halogens is 1. The van der Waals surface area contributed by atoms with E-state index in [0.717, 1.165) is 56.2 Å². The average molecular weight is 343 g/mol. The van der Waals surface area contributed by atoms with E-state index in [4.69, 9.17) is 9.47 Å². The fourth-order valence-corrected chi connectivity index (χ4v) is 3.16. The van der Waals surface area contributed by atoms with Crippen molar-refractivity contribution in [2.45, 2.75) is 12.5 Å². The lowest BCUT2D eigenvalue weighted by Crippen LogP contribution is -2.44. The van der Waals surface area contributed by atoms with Gasteiger partial charge in [-0.2, -0.15) is 4.98 Å². The smallest absolute Gasteiger partial charge is 0.232 e. The summed E-state index contributed by atoms with van der Waals surface area (Å²) < 4.78 is 11.4. The molecule has 3 rings (SSSR count). The maximum atomic E-state index is 5.41. The van der Waals surface area contributed by atoms with Crippen LogP contribution in [0.5, 0.6) is 5.88 Å². The molecular weight excluding hydrogens is 324 g/mol. The molecule has 0 saturated carbocycles. The Kier molecular flexibility index (Phi) is 4.38. The molecule has 20 heavy (non-hydrogen) atoms. The number of anilines is 1. The van der Waals surface area contributed by atoms with Crippen LogP contribution in [0, 0.1) is 0 Å². The molecule has 2 aliphatic rings. The number of methoxy groups -OCH3 is 1. The van der Waals surface area contributed by atoms with Crippen molar-refractivity contribution in [2.75, 3.05) is 51.4 Å². The van der Waals surface area contributed by atoms with Gasteiger partial charge in [0, 0.05) is 32.2 Å². The first-order valence-electron chi connectivity index (χ1n) is 6.91. The Bertz CT molecular complexity index is 468. The van der Waals surface area contributed by atoms with Crippen LogP contribution in [0.1, 0.15) is 6.42 Å². The number of morpholine rings is 1. The fraction of sp³-hybridized carbons (Fsp3) is 0.692. The molecule has 0 bridgehead atoms. The van der Waals surface area contributed by atoms with Gasteiger partial charge in [0.2, 0.25) is 11.8 Å². The summed E-state index contributed by atoms with van der Waals surface area (Å²) in [4.78, 5) is 13.6. The zero-order valence-corrected chi connectivity index (χ0v) is 13.2. The van der Waals surface area contributed by atoms with E-state index in [2.05, 4.69) is 35.7 Å². The third kappa shape index (κ3) is 2.89. The van der Waals surface area contributed by atoms with E-state index >= 15 is 0 Å². The minimum atomic E-state index is 0.581. The Morgan fingerprint density at radius 1 is 1.35 bits per heavy atom. The molecule has 1 atom stereocenters. The summed E-state index contributed by atoms with van der Waals surface area (Å²) >= 11 is 3.38. The van der Waals surface area contributed by atoms with Gasteiger partial charge in [0.25, 0.3) is 0 Å². The predicted octanol–water partition coefficient (Wildman–Crippen LogP) is 1.16. The van der Waals surface area contributed by atoms with Gasteiger partial charge in [-0.05, 0) is 22.4 Å². The van der Waals surface area contributed by atoms with Crippen LogP contribution in [-0.2, 0) is 4.74 Å². The van der Waals surface area contributed by atoms with E-state index in [1.54, 1.807) is 13.3 Å². The quantitative estimate of drug-likeness (QED) is 0.821. The minimum absolute atomic E-state index is 0.581. The lowest BCUT2D eigenvalue weighted by atomic mass is 10.2. The van der Waals surface area contributed by atoms with Crippen molar-refractivity contribution in [3.63, 3.8) is 0 Å². The van der Waals surface area contributed by atoms with Crippen LogP contribution in [-0.4, -0.2) is 67.4 Å². The number of hydrogen-bond acceptors (Lipinski definition) is 6. The maximum Gasteiger partial charge on any atom is 0.232 e. The number of nitrogens with zero attached hydrogens (tertiary/aromatic N) is 4. The summed E-state index contributed by atoms with van der Waals surface area (Å²) in [5.41, 5.74) is 0. The van der Waals surface area contributed by atoms with Crippen LogP contribution < -0.4 is 9.64 Å². The highest BCUT2D eigenvalue weighted by atomic mass is 79.9. The van der Waals surface area contributed by atoms with E-state index in [0.29, 0.717) is 11.9 Å². The molecule has 0 aromatic carbocycles. The Morgan fingerprint density at radius 3 is 2.90 bits per heavy atom. The molecule has 0 amide bonds. The van der Waals surface area contributed by atoms with Crippen molar-refractivity contribution in [1.82, 2.24) is 14.9 Å². The van der Waals surface area contributed by atoms with Gasteiger partial charge in [-0.1, -0.05) is 0 Å². The van der Waals surface area contributed by atoms with Gasteiger partial charge in [-0.15, -0.1) is 0 Å². The normalized spacial score (nSPS) is 24.1. The van der Waals surface area contributed by atoms with Gasteiger partial charge in [-0.3, -0.25) is 4.90 Å². The lowest BCUT2D eigenvalue weighted by Gasteiger charge is -2.32. The van der Waals surface area contributed by atoms with Crippen LogP contribution in [0.25, 0.3) is 0 Å². The predicted molar refractivity (Wildman–Crippen MR) is 79.3 cm³/mol. The monoisotopic (exact) mass is 342 g/mol. The first-order valence-corrected chi connectivity index (χ1v) is 7.70. The van der Waals surface area contributed by atoms with Gasteiger partial charge in [-0.25, -0.2) is 4.98 Å². The zero-order chi connectivity index (χ0) is 13.9. The Labute approximate surface area is 127 Å². The Morgan fingerprint density at radius 2 is 2.15 bits per heavy atom. The van der Waals surface area contributed by atoms with Crippen LogP contribution in [0.2, 0.25) is 0 Å². The first kappa shape index (κ1) is 14.0. The molecule has 2 aliphatic heterocycles.